The van der Waals surface area contributed by atoms with Crippen molar-refractivity contribution < 1.29 is 10.2 Å². The quantitative estimate of drug-likeness (QED) is 0.166. The fraction of sp³-hybridized carbons (Fsp3) is 0.267. The topological polar surface area (TPSA) is 81.5 Å². The summed E-state index contributed by atoms with van der Waals surface area (Å²) in [4.78, 5) is 9.13. The van der Waals surface area contributed by atoms with Crippen LogP contribution in [0.4, 0.5) is 5.69 Å². The molecule has 0 unspecified atom stereocenters. The van der Waals surface area contributed by atoms with Crippen molar-refractivity contribution in [2.24, 2.45) is 5.92 Å². The Bertz CT molecular complexity index is 1390. The van der Waals surface area contributed by atoms with Crippen molar-refractivity contribution in [1.82, 2.24) is 15.3 Å². The van der Waals surface area contributed by atoms with E-state index in [0.717, 1.165) is 47.9 Å². The molecule has 8 heteroatoms. The molecule has 1 aliphatic rings. The van der Waals surface area contributed by atoms with E-state index in [0.29, 0.717) is 11.4 Å². The van der Waals surface area contributed by atoms with Gasteiger partial charge in [0.2, 0.25) is 5.28 Å². The molecular formula is C30H31ClN4O2S. The van der Waals surface area contributed by atoms with Crippen LogP contribution in [0.2, 0.25) is 5.28 Å². The van der Waals surface area contributed by atoms with Crippen LogP contribution in [-0.4, -0.2) is 33.3 Å². The van der Waals surface area contributed by atoms with Crippen LogP contribution < -0.4 is 9.62 Å². The van der Waals surface area contributed by atoms with E-state index in [-0.39, 0.29) is 16.8 Å². The second-order valence-corrected chi connectivity index (χ2v) is 11.1. The summed E-state index contributed by atoms with van der Waals surface area (Å²) in [5.74, 6) is 0.798. The summed E-state index contributed by atoms with van der Waals surface area (Å²) in [5.41, 5.74) is 6.25. The summed E-state index contributed by atoms with van der Waals surface area (Å²) in [6.45, 7) is 4.80. The number of benzene rings is 3. The third-order valence-corrected chi connectivity index (χ3v) is 8.11. The van der Waals surface area contributed by atoms with Gasteiger partial charge in [0.15, 0.2) is 0 Å². The minimum Gasteiger partial charge on any atom is -0.508 e. The average Bonchev–Trinajstić information content (AvgIpc) is 2.92. The van der Waals surface area contributed by atoms with Gasteiger partial charge in [-0.2, -0.15) is 0 Å². The summed E-state index contributed by atoms with van der Waals surface area (Å²) in [7, 11) is 0. The van der Waals surface area contributed by atoms with E-state index in [1.165, 1.54) is 42.0 Å². The van der Waals surface area contributed by atoms with Crippen molar-refractivity contribution in [3.8, 4) is 22.8 Å². The molecule has 4 aromatic rings. The average molecular weight is 547 g/mol. The molecule has 0 aliphatic carbocycles. The molecule has 3 N–H and O–H groups in total. The van der Waals surface area contributed by atoms with Crippen molar-refractivity contribution in [3.05, 3.63) is 94.9 Å². The number of piperidine rings is 1. The van der Waals surface area contributed by atoms with Gasteiger partial charge in [0.25, 0.3) is 0 Å². The fourth-order valence-electron chi connectivity index (χ4n) is 4.82. The van der Waals surface area contributed by atoms with E-state index in [1.807, 2.05) is 31.2 Å². The van der Waals surface area contributed by atoms with Crippen molar-refractivity contribution >= 4 is 29.2 Å². The van der Waals surface area contributed by atoms with Crippen LogP contribution in [0.25, 0.3) is 11.3 Å². The molecule has 0 amide bonds. The number of phenolic OH excluding ortho intramolecular Hbond substituents is 2. The van der Waals surface area contributed by atoms with Gasteiger partial charge >= 0.3 is 0 Å². The number of anilines is 1. The third-order valence-electron chi connectivity index (χ3n) is 6.82. The molecule has 0 bridgehead atoms. The number of aromatic nitrogens is 2. The number of aromatic hydroxyl groups is 2. The van der Waals surface area contributed by atoms with Crippen molar-refractivity contribution in [2.75, 3.05) is 17.4 Å². The molecule has 6 nitrogen and oxygen atoms in total. The van der Waals surface area contributed by atoms with Crippen LogP contribution in [0.1, 0.15) is 29.5 Å². The van der Waals surface area contributed by atoms with Gasteiger partial charge in [-0.3, -0.25) is 0 Å². The number of halogens is 1. The second kappa shape index (κ2) is 12.1. The first-order chi connectivity index (χ1) is 18.4. The molecule has 3 aromatic carbocycles. The molecule has 0 spiro atoms. The highest BCUT2D eigenvalue weighted by Crippen LogP contribution is 2.38. The lowest BCUT2D eigenvalue weighted by molar-refractivity contribution is 0.372. The zero-order chi connectivity index (χ0) is 26.5. The van der Waals surface area contributed by atoms with E-state index < -0.39 is 0 Å². The van der Waals surface area contributed by atoms with Gasteiger partial charge < -0.3 is 19.8 Å². The second-order valence-electron chi connectivity index (χ2n) is 9.71. The first kappa shape index (κ1) is 26.4. The van der Waals surface area contributed by atoms with Gasteiger partial charge in [-0.15, -0.1) is 0 Å². The molecule has 5 rings (SSSR count). The van der Waals surface area contributed by atoms with Crippen LogP contribution in [0.5, 0.6) is 11.5 Å². The maximum atomic E-state index is 10.5. The van der Waals surface area contributed by atoms with Gasteiger partial charge in [-0.05, 0) is 110 Å². The molecule has 0 radical (unpaired) electrons. The molecule has 196 valence electrons. The molecule has 1 fully saturated rings. The van der Waals surface area contributed by atoms with Crippen LogP contribution in [-0.2, 0) is 13.0 Å². The van der Waals surface area contributed by atoms with Crippen molar-refractivity contribution in [3.63, 3.8) is 0 Å². The highest BCUT2D eigenvalue weighted by molar-refractivity contribution is 8.00. The first-order valence-electron chi connectivity index (χ1n) is 12.8. The van der Waals surface area contributed by atoms with Crippen LogP contribution in [0, 0.1) is 12.8 Å². The standard InChI is InChI=1S/C30H31ClN4O2S/c1-20-18-33-30(31)34-29(20)24-5-7-25(8-6-24)35(38-28-10-9-26(36)17-27(28)37)19-23-4-2-3-22(16-23)15-21-11-13-32-14-12-21/h2-10,16-18,21,32,36-37H,11-15,19H2,1H3. The van der Waals surface area contributed by atoms with Gasteiger partial charge in [0.1, 0.15) is 11.5 Å². The summed E-state index contributed by atoms with van der Waals surface area (Å²) >= 11 is 7.49. The highest BCUT2D eigenvalue weighted by Gasteiger charge is 2.17. The Hall–Kier alpha value is -3.26. The molecule has 1 aliphatic heterocycles. The minimum atomic E-state index is 0.0345. The Kier molecular flexibility index (Phi) is 8.37. The zero-order valence-electron chi connectivity index (χ0n) is 21.3. The monoisotopic (exact) mass is 546 g/mol. The Morgan fingerprint density at radius 3 is 2.53 bits per heavy atom. The smallest absolute Gasteiger partial charge is 0.222 e. The first-order valence-corrected chi connectivity index (χ1v) is 14.0. The number of phenols is 2. The highest BCUT2D eigenvalue weighted by atomic mass is 35.5. The Labute approximate surface area is 232 Å². The zero-order valence-corrected chi connectivity index (χ0v) is 22.8. The predicted molar refractivity (Wildman–Crippen MR) is 155 cm³/mol. The summed E-state index contributed by atoms with van der Waals surface area (Å²) < 4.78 is 2.15. The van der Waals surface area contributed by atoms with Crippen molar-refractivity contribution in [2.45, 2.75) is 37.6 Å². The fourth-order valence-corrected chi connectivity index (χ4v) is 5.91. The van der Waals surface area contributed by atoms with E-state index in [1.54, 1.807) is 18.3 Å². The lowest BCUT2D eigenvalue weighted by atomic mass is 9.90. The van der Waals surface area contributed by atoms with Crippen molar-refractivity contribution in [1.29, 1.82) is 0 Å². The van der Waals surface area contributed by atoms with E-state index in [4.69, 9.17) is 11.6 Å². The summed E-state index contributed by atoms with van der Waals surface area (Å²) in [5, 5.41) is 23.9. The number of hydrogen-bond acceptors (Lipinski definition) is 7. The van der Waals surface area contributed by atoms with Crippen LogP contribution >= 0.6 is 23.5 Å². The summed E-state index contributed by atoms with van der Waals surface area (Å²) in [6, 6.07) is 21.6. The lowest BCUT2D eigenvalue weighted by Gasteiger charge is -2.25. The van der Waals surface area contributed by atoms with Crippen LogP contribution in [0.15, 0.2) is 77.8 Å². The van der Waals surface area contributed by atoms with Gasteiger partial charge in [-0.25, -0.2) is 9.97 Å². The Morgan fingerprint density at radius 2 is 1.76 bits per heavy atom. The summed E-state index contributed by atoms with van der Waals surface area (Å²) in [6.07, 6.45) is 5.26. The molecule has 1 aromatic heterocycles. The molecule has 38 heavy (non-hydrogen) atoms. The van der Waals surface area contributed by atoms with Gasteiger partial charge in [0.05, 0.1) is 17.1 Å². The number of rotatable bonds is 8. The molecule has 0 saturated carbocycles. The Morgan fingerprint density at radius 1 is 1.00 bits per heavy atom. The number of nitrogens with one attached hydrogen (secondary N) is 1. The Balaban J connectivity index is 1.42. The molecule has 1 saturated heterocycles. The minimum absolute atomic E-state index is 0.0345. The third kappa shape index (κ3) is 6.59. The number of hydrogen-bond donors (Lipinski definition) is 3. The molecular weight excluding hydrogens is 516 g/mol. The SMILES string of the molecule is Cc1cnc(Cl)nc1-c1ccc(N(Cc2cccc(CC3CCNCC3)c2)Sc2ccc(O)cc2O)cc1. The molecule has 0 atom stereocenters. The van der Waals surface area contributed by atoms with Crippen LogP contribution in [0.3, 0.4) is 0 Å². The largest absolute Gasteiger partial charge is 0.508 e. The normalized spacial score (nSPS) is 13.9. The number of aryl methyl sites for hydroxylation is 1. The van der Waals surface area contributed by atoms with E-state index in [2.05, 4.69) is 43.9 Å². The molecule has 2 heterocycles. The van der Waals surface area contributed by atoms with E-state index >= 15 is 0 Å². The maximum absolute atomic E-state index is 10.5. The maximum Gasteiger partial charge on any atom is 0.222 e. The predicted octanol–water partition coefficient (Wildman–Crippen LogP) is 6.77. The van der Waals surface area contributed by atoms with Gasteiger partial charge in [-0.1, -0.05) is 36.4 Å². The lowest BCUT2D eigenvalue weighted by Crippen LogP contribution is -2.28. The number of nitrogens with zero attached hydrogens (tertiary/aromatic N) is 3. The van der Waals surface area contributed by atoms with E-state index in [9.17, 15) is 10.2 Å². The van der Waals surface area contributed by atoms with Gasteiger partial charge in [0, 0.05) is 23.5 Å².